The minimum absolute atomic E-state index is 0.0689. The maximum absolute atomic E-state index is 13.0. The summed E-state index contributed by atoms with van der Waals surface area (Å²) in [5.41, 5.74) is 5.10. The number of anilines is 2. The number of carbonyl (C=O) groups excluding carboxylic acids is 1. The smallest absolute Gasteiger partial charge is 0.262 e. The van der Waals surface area contributed by atoms with Gasteiger partial charge in [-0.3, -0.25) is 14.7 Å². The van der Waals surface area contributed by atoms with Crippen LogP contribution in [-0.4, -0.2) is 10.9 Å². The van der Waals surface area contributed by atoms with Crippen LogP contribution in [0, 0.1) is 18.3 Å². The quantitative estimate of drug-likeness (QED) is 0.761. The molecule has 5 heteroatoms. The molecule has 0 aliphatic carbocycles. The zero-order valence-electron chi connectivity index (χ0n) is 14.9. The third-order valence-corrected chi connectivity index (χ3v) is 4.66. The molecule has 1 aliphatic heterocycles. The van der Waals surface area contributed by atoms with Crippen molar-refractivity contribution in [2.24, 2.45) is 0 Å². The van der Waals surface area contributed by atoms with Gasteiger partial charge in [-0.2, -0.15) is 5.26 Å². The van der Waals surface area contributed by atoms with Crippen LogP contribution in [0.2, 0.25) is 0 Å². The van der Waals surface area contributed by atoms with Gasteiger partial charge in [0.1, 0.15) is 0 Å². The van der Waals surface area contributed by atoms with Crippen LogP contribution in [0.1, 0.15) is 33.3 Å². The Hall–Kier alpha value is -3.65. The van der Waals surface area contributed by atoms with Gasteiger partial charge in [0.2, 0.25) is 0 Å². The largest absolute Gasteiger partial charge is 0.360 e. The summed E-state index contributed by atoms with van der Waals surface area (Å²) in [7, 11) is 0. The molecule has 0 radical (unpaired) electrons. The van der Waals surface area contributed by atoms with Crippen LogP contribution in [-0.2, 0) is 6.42 Å². The van der Waals surface area contributed by atoms with Gasteiger partial charge in [0.25, 0.3) is 5.91 Å². The van der Waals surface area contributed by atoms with E-state index in [1.807, 2.05) is 61.5 Å². The fourth-order valence-electron chi connectivity index (χ4n) is 3.26. The maximum atomic E-state index is 13.0. The van der Waals surface area contributed by atoms with E-state index in [0.29, 0.717) is 17.7 Å². The summed E-state index contributed by atoms with van der Waals surface area (Å²) in [6.07, 6.45) is 1.69. The summed E-state index contributed by atoms with van der Waals surface area (Å²) >= 11 is 0. The molecule has 132 valence electrons. The van der Waals surface area contributed by atoms with Crippen molar-refractivity contribution >= 4 is 17.3 Å². The summed E-state index contributed by atoms with van der Waals surface area (Å²) in [5.74, 6) is -0.0689. The second-order valence-electron chi connectivity index (χ2n) is 6.53. The van der Waals surface area contributed by atoms with Gasteiger partial charge in [0.15, 0.2) is 6.17 Å². The highest BCUT2D eigenvalue weighted by Gasteiger charge is 2.38. The fourth-order valence-corrected chi connectivity index (χ4v) is 3.26. The molecule has 4 rings (SSSR count). The van der Waals surface area contributed by atoms with Gasteiger partial charge >= 0.3 is 0 Å². The lowest BCUT2D eigenvalue weighted by Crippen LogP contribution is -2.32. The van der Waals surface area contributed by atoms with Crippen LogP contribution in [0.25, 0.3) is 0 Å². The van der Waals surface area contributed by atoms with Crippen molar-refractivity contribution < 1.29 is 4.79 Å². The average Bonchev–Trinajstić information content (AvgIpc) is 2.97. The van der Waals surface area contributed by atoms with Crippen molar-refractivity contribution in [3.63, 3.8) is 0 Å². The van der Waals surface area contributed by atoms with Gasteiger partial charge in [-0.25, -0.2) is 0 Å². The summed E-state index contributed by atoms with van der Waals surface area (Å²) in [6.45, 7) is 2.02. The topological polar surface area (TPSA) is 69.0 Å². The summed E-state index contributed by atoms with van der Waals surface area (Å²) in [5, 5.41) is 12.2. The van der Waals surface area contributed by atoms with Crippen molar-refractivity contribution in [1.82, 2.24) is 4.98 Å². The van der Waals surface area contributed by atoms with Crippen LogP contribution in [0.3, 0.4) is 0 Å². The average molecular weight is 354 g/mol. The van der Waals surface area contributed by atoms with Crippen LogP contribution >= 0.6 is 0 Å². The lowest BCUT2D eigenvalue weighted by atomic mass is 10.1. The van der Waals surface area contributed by atoms with Crippen molar-refractivity contribution in [1.29, 1.82) is 5.26 Å². The number of nitrogens with zero attached hydrogens (tertiary/aromatic N) is 3. The van der Waals surface area contributed by atoms with Gasteiger partial charge in [-0.05, 0) is 48.9 Å². The number of aryl methyl sites for hydroxylation is 1. The number of nitriles is 1. The molecule has 2 aromatic carbocycles. The highest BCUT2D eigenvalue weighted by atomic mass is 16.2. The fraction of sp³-hybridized carbons (Fsp3) is 0.136. The molecule has 0 bridgehead atoms. The zero-order chi connectivity index (χ0) is 18.8. The number of aromatic nitrogens is 1. The van der Waals surface area contributed by atoms with Gasteiger partial charge in [-0.1, -0.05) is 29.8 Å². The van der Waals surface area contributed by atoms with Crippen molar-refractivity contribution in [3.05, 3.63) is 89.2 Å². The predicted octanol–water partition coefficient (Wildman–Crippen LogP) is 4.23. The van der Waals surface area contributed by atoms with E-state index in [2.05, 4.69) is 16.4 Å². The lowest BCUT2D eigenvalue weighted by molar-refractivity contribution is 0.0993. The molecule has 27 heavy (non-hydrogen) atoms. The number of carbonyl (C=O) groups is 1. The maximum Gasteiger partial charge on any atom is 0.262 e. The Kier molecular flexibility index (Phi) is 4.31. The second-order valence-corrected chi connectivity index (χ2v) is 6.53. The molecule has 5 nitrogen and oxygen atoms in total. The molecule has 1 aliphatic rings. The Bertz CT molecular complexity index is 1020. The van der Waals surface area contributed by atoms with Gasteiger partial charge in [-0.15, -0.1) is 0 Å². The van der Waals surface area contributed by atoms with E-state index in [4.69, 9.17) is 5.26 Å². The number of nitrogens with one attached hydrogen (secondary N) is 1. The summed E-state index contributed by atoms with van der Waals surface area (Å²) < 4.78 is 0. The summed E-state index contributed by atoms with van der Waals surface area (Å²) in [4.78, 5) is 19.2. The molecule has 1 aromatic heterocycles. The number of amides is 1. The summed E-state index contributed by atoms with van der Waals surface area (Å²) in [6, 6.07) is 21.3. The molecule has 3 aromatic rings. The molecular formula is C22H18N4O. The van der Waals surface area contributed by atoms with Crippen LogP contribution < -0.4 is 10.2 Å². The van der Waals surface area contributed by atoms with E-state index in [1.165, 1.54) is 0 Å². The molecular weight excluding hydrogens is 336 g/mol. The van der Waals surface area contributed by atoms with E-state index in [1.54, 1.807) is 17.2 Å². The first-order valence-corrected chi connectivity index (χ1v) is 8.75. The highest BCUT2D eigenvalue weighted by Crippen LogP contribution is 2.36. The van der Waals surface area contributed by atoms with Crippen molar-refractivity contribution in [3.8, 4) is 6.07 Å². The van der Waals surface area contributed by atoms with Crippen LogP contribution in [0.4, 0.5) is 11.4 Å². The standard InChI is InChI=1S/C22H18N4O/c1-15-4-10-18(11-5-15)26-21(20-19(22(26)27)3-2-14-24-20)25-17-8-6-16(7-9-17)12-13-23/h2-11,14,21,25H,12H2,1H3. The molecule has 2 heterocycles. The minimum Gasteiger partial charge on any atom is -0.360 e. The number of benzene rings is 2. The third kappa shape index (κ3) is 3.13. The van der Waals surface area contributed by atoms with E-state index in [9.17, 15) is 4.79 Å². The molecule has 0 saturated carbocycles. The Morgan fingerprint density at radius 2 is 1.85 bits per heavy atom. The lowest BCUT2D eigenvalue weighted by Gasteiger charge is -2.26. The van der Waals surface area contributed by atoms with Gasteiger partial charge < -0.3 is 5.32 Å². The minimum atomic E-state index is -0.391. The zero-order valence-corrected chi connectivity index (χ0v) is 14.9. The molecule has 1 atom stereocenters. The Labute approximate surface area is 157 Å². The molecule has 0 saturated heterocycles. The van der Waals surface area contributed by atoms with Crippen LogP contribution in [0.5, 0.6) is 0 Å². The Balaban J connectivity index is 1.71. The van der Waals surface area contributed by atoms with Gasteiger partial charge in [0, 0.05) is 17.6 Å². The number of fused-ring (bicyclic) bond motifs is 1. The van der Waals surface area contributed by atoms with Crippen molar-refractivity contribution in [2.45, 2.75) is 19.5 Å². The number of pyridine rings is 1. The third-order valence-electron chi connectivity index (χ3n) is 4.66. The normalized spacial score (nSPS) is 15.3. The first-order valence-electron chi connectivity index (χ1n) is 8.75. The Morgan fingerprint density at radius 1 is 1.11 bits per heavy atom. The molecule has 1 amide bonds. The first-order chi connectivity index (χ1) is 13.2. The molecule has 0 fully saturated rings. The second kappa shape index (κ2) is 6.93. The predicted molar refractivity (Wildman–Crippen MR) is 104 cm³/mol. The number of hydrogen-bond acceptors (Lipinski definition) is 4. The number of rotatable bonds is 4. The van der Waals surface area contributed by atoms with Crippen LogP contribution in [0.15, 0.2) is 66.9 Å². The monoisotopic (exact) mass is 354 g/mol. The number of hydrogen-bond donors (Lipinski definition) is 1. The molecule has 1 N–H and O–H groups in total. The Morgan fingerprint density at radius 3 is 2.56 bits per heavy atom. The van der Waals surface area contributed by atoms with E-state index >= 15 is 0 Å². The van der Waals surface area contributed by atoms with Gasteiger partial charge in [0.05, 0.1) is 23.7 Å². The van der Waals surface area contributed by atoms with E-state index in [0.717, 1.165) is 22.5 Å². The first kappa shape index (κ1) is 16.8. The molecule has 0 spiro atoms. The molecule has 1 unspecified atom stereocenters. The highest BCUT2D eigenvalue weighted by molar-refractivity contribution is 6.11. The van der Waals surface area contributed by atoms with Crippen molar-refractivity contribution in [2.75, 3.05) is 10.2 Å². The van der Waals surface area contributed by atoms with E-state index < -0.39 is 6.17 Å². The SMILES string of the molecule is Cc1ccc(N2C(=O)c3cccnc3C2Nc2ccc(CC#N)cc2)cc1. The van der Waals surface area contributed by atoms with E-state index in [-0.39, 0.29) is 5.91 Å².